The van der Waals surface area contributed by atoms with E-state index in [-0.39, 0.29) is 39.9 Å². The maximum absolute atomic E-state index is 13.8. The summed E-state index contributed by atoms with van der Waals surface area (Å²) in [5.41, 5.74) is -0.821. The summed E-state index contributed by atoms with van der Waals surface area (Å²) in [5, 5.41) is 5.87. The second kappa shape index (κ2) is 13.2. The first-order valence-corrected chi connectivity index (χ1v) is 15.7. The van der Waals surface area contributed by atoms with Crippen molar-refractivity contribution in [3.63, 3.8) is 0 Å². The molecule has 1 aromatic carbocycles. The number of benzene rings is 1. The van der Waals surface area contributed by atoms with Crippen LogP contribution in [-0.2, 0) is 16.2 Å². The van der Waals surface area contributed by atoms with Crippen LogP contribution < -0.4 is 24.8 Å². The summed E-state index contributed by atoms with van der Waals surface area (Å²) in [5.74, 6) is -1.18. The maximum Gasteiger partial charge on any atom is 0.423 e. The standard InChI is InChI=1S/C26H34ClF3N6O5S/c1-36-10-8-15(9-11-36)32-23(37)16-12-22(40-2)20(13-18(16)27)33-25-31-14-17(26(28,29)30)24(34-25)41-21-7-5-4-6-19(21)35-42(3,38)39/h12-15,19,21,35H,4-11H2,1-3H3,(H,32,37)(H,31,33,34)/t19-,21-/m1/s1. The van der Waals surface area contributed by atoms with Crippen molar-refractivity contribution in [3.8, 4) is 11.6 Å². The lowest BCUT2D eigenvalue weighted by molar-refractivity contribution is -0.140. The molecule has 1 aromatic heterocycles. The molecule has 1 saturated heterocycles. The molecule has 42 heavy (non-hydrogen) atoms. The van der Waals surface area contributed by atoms with Crippen molar-refractivity contribution in [2.45, 2.75) is 62.9 Å². The molecule has 0 bridgehead atoms. The van der Waals surface area contributed by atoms with Gasteiger partial charge in [0.25, 0.3) is 5.91 Å². The van der Waals surface area contributed by atoms with E-state index in [0.29, 0.717) is 31.9 Å². The van der Waals surface area contributed by atoms with Gasteiger partial charge in [0.1, 0.15) is 17.4 Å². The van der Waals surface area contributed by atoms with Crippen LogP contribution in [0, 0.1) is 0 Å². The number of aromatic nitrogens is 2. The number of methoxy groups -OCH3 is 1. The topological polar surface area (TPSA) is 135 Å². The fourth-order valence-corrected chi connectivity index (χ4v) is 6.10. The van der Waals surface area contributed by atoms with E-state index >= 15 is 0 Å². The fourth-order valence-electron chi connectivity index (χ4n) is 5.03. The third-order valence-electron chi connectivity index (χ3n) is 7.22. The number of ether oxygens (including phenoxy) is 2. The number of sulfonamides is 1. The van der Waals surface area contributed by atoms with Gasteiger partial charge in [0.05, 0.1) is 35.7 Å². The number of hydrogen-bond donors (Lipinski definition) is 3. The molecular weight excluding hydrogens is 601 g/mol. The summed E-state index contributed by atoms with van der Waals surface area (Å²) in [7, 11) is -0.237. The predicted octanol–water partition coefficient (Wildman–Crippen LogP) is 3.96. The summed E-state index contributed by atoms with van der Waals surface area (Å²) in [6, 6.07) is 2.12. The molecule has 2 atom stereocenters. The monoisotopic (exact) mass is 634 g/mol. The molecule has 1 aliphatic heterocycles. The van der Waals surface area contributed by atoms with Crippen LogP contribution in [-0.4, -0.2) is 80.9 Å². The van der Waals surface area contributed by atoms with Crippen molar-refractivity contribution in [1.29, 1.82) is 0 Å². The molecule has 2 heterocycles. The van der Waals surface area contributed by atoms with Crippen LogP contribution in [0.25, 0.3) is 0 Å². The SMILES string of the molecule is COc1cc(C(=O)NC2CCN(C)CC2)c(Cl)cc1Nc1ncc(C(F)(F)F)c(O[C@@H]2CCCC[C@H]2NS(C)(=O)=O)n1. The Kier molecular flexibility index (Phi) is 10.1. The van der Waals surface area contributed by atoms with Gasteiger partial charge in [0, 0.05) is 12.2 Å². The molecule has 3 N–H and O–H groups in total. The minimum absolute atomic E-state index is 0.00364. The molecule has 2 aliphatic rings. The number of halogens is 4. The first kappa shape index (κ1) is 32.0. The minimum Gasteiger partial charge on any atom is -0.495 e. The maximum atomic E-state index is 13.8. The zero-order valence-electron chi connectivity index (χ0n) is 23.4. The predicted molar refractivity (Wildman–Crippen MR) is 151 cm³/mol. The van der Waals surface area contributed by atoms with E-state index in [4.69, 9.17) is 21.1 Å². The average molecular weight is 635 g/mol. The van der Waals surface area contributed by atoms with Crippen LogP contribution in [0.5, 0.6) is 11.6 Å². The molecule has 2 fully saturated rings. The molecule has 1 saturated carbocycles. The fraction of sp³-hybridized carbons (Fsp3) is 0.577. The minimum atomic E-state index is -4.83. The summed E-state index contributed by atoms with van der Waals surface area (Å²) in [4.78, 5) is 22.9. The number of carbonyl (C=O) groups excluding carboxylic acids is 1. The number of amides is 1. The quantitative estimate of drug-likeness (QED) is 0.375. The van der Waals surface area contributed by atoms with E-state index in [1.807, 2.05) is 7.05 Å². The lowest BCUT2D eigenvalue weighted by Gasteiger charge is -2.32. The van der Waals surface area contributed by atoms with Crippen LogP contribution in [0.4, 0.5) is 24.8 Å². The Hall–Kier alpha value is -2.88. The molecule has 0 unspecified atom stereocenters. The van der Waals surface area contributed by atoms with Gasteiger partial charge in [0.15, 0.2) is 0 Å². The van der Waals surface area contributed by atoms with Gasteiger partial charge >= 0.3 is 6.18 Å². The third kappa shape index (κ3) is 8.36. The number of nitrogens with zero attached hydrogens (tertiary/aromatic N) is 3. The largest absolute Gasteiger partial charge is 0.495 e. The van der Waals surface area contributed by atoms with Crippen molar-refractivity contribution < 1.29 is 35.9 Å². The number of carbonyl (C=O) groups is 1. The van der Waals surface area contributed by atoms with E-state index in [1.165, 1.54) is 19.2 Å². The molecule has 4 rings (SSSR count). The number of likely N-dealkylation sites (tertiary alicyclic amines) is 1. The number of nitrogens with one attached hydrogen (secondary N) is 3. The lowest BCUT2D eigenvalue weighted by atomic mass is 9.93. The lowest BCUT2D eigenvalue weighted by Crippen LogP contribution is -2.47. The average Bonchev–Trinajstić information content (AvgIpc) is 2.90. The Bertz CT molecular complexity index is 1390. The molecule has 11 nitrogen and oxygen atoms in total. The summed E-state index contributed by atoms with van der Waals surface area (Å²) >= 11 is 6.44. The highest BCUT2D eigenvalue weighted by molar-refractivity contribution is 7.88. The molecule has 1 aliphatic carbocycles. The molecule has 0 spiro atoms. The van der Waals surface area contributed by atoms with E-state index in [2.05, 4.69) is 30.2 Å². The Balaban J connectivity index is 1.58. The third-order valence-corrected chi connectivity index (χ3v) is 8.27. The highest BCUT2D eigenvalue weighted by Crippen LogP contribution is 2.38. The van der Waals surface area contributed by atoms with Crippen LogP contribution in [0.3, 0.4) is 0 Å². The van der Waals surface area contributed by atoms with Gasteiger partial charge in [-0.15, -0.1) is 0 Å². The Morgan fingerprint density at radius 3 is 2.48 bits per heavy atom. The van der Waals surface area contributed by atoms with Crippen molar-refractivity contribution in [3.05, 3.63) is 34.5 Å². The van der Waals surface area contributed by atoms with Crippen LogP contribution in [0.1, 0.15) is 54.4 Å². The Morgan fingerprint density at radius 1 is 1.14 bits per heavy atom. The van der Waals surface area contributed by atoms with E-state index in [9.17, 15) is 26.4 Å². The molecular formula is C26H34ClF3N6O5S. The van der Waals surface area contributed by atoms with Gasteiger partial charge in [0.2, 0.25) is 21.9 Å². The Morgan fingerprint density at radius 2 is 1.83 bits per heavy atom. The zero-order valence-corrected chi connectivity index (χ0v) is 25.0. The van der Waals surface area contributed by atoms with Crippen molar-refractivity contribution in [2.75, 3.05) is 38.8 Å². The second-order valence-corrected chi connectivity index (χ2v) is 12.7. The van der Waals surface area contributed by atoms with Crippen LogP contribution in [0.2, 0.25) is 5.02 Å². The van der Waals surface area contributed by atoms with Gasteiger partial charge in [-0.05, 0) is 64.4 Å². The summed E-state index contributed by atoms with van der Waals surface area (Å²) in [6.07, 6.45) is -0.436. The van der Waals surface area contributed by atoms with Crippen molar-refractivity contribution in [2.24, 2.45) is 0 Å². The molecule has 2 aromatic rings. The van der Waals surface area contributed by atoms with Crippen molar-refractivity contribution >= 4 is 39.2 Å². The van der Waals surface area contributed by atoms with E-state index in [0.717, 1.165) is 32.2 Å². The number of hydrogen-bond acceptors (Lipinski definition) is 9. The number of anilines is 2. The van der Waals surface area contributed by atoms with Gasteiger partial charge in [-0.1, -0.05) is 18.0 Å². The first-order chi connectivity index (χ1) is 19.7. The van der Waals surface area contributed by atoms with Crippen molar-refractivity contribution in [1.82, 2.24) is 24.9 Å². The zero-order chi connectivity index (χ0) is 30.7. The normalized spacial score (nSPS) is 20.6. The molecule has 16 heteroatoms. The van der Waals surface area contributed by atoms with Crippen LogP contribution in [0.15, 0.2) is 18.3 Å². The smallest absolute Gasteiger partial charge is 0.423 e. The molecule has 232 valence electrons. The van der Waals surface area contributed by atoms with Gasteiger partial charge in [-0.25, -0.2) is 18.1 Å². The second-order valence-electron chi connectivity index (χ2n) is 10.6. The molecule has 0 radical (unpaired) electrons. The Labute approximate surface area is 247 Å². The van der Waals surface area contributed by atoms with Gasteiger partial charge in [-0.2, -0.15) is 18.2 Å². The molecule has 1 amide bonds. The highest BCUT2D eigenvalue weighted by Gasteiger charge is 2.38. The van der Waals surface area contributed by atoms with E-state index < -0.39 is 39.8 Å². The van der Waals surface area contributed by atoms with E-state index in [1.54, 1.807) is 0 Å². The van der Waals surface area contributed by atoms with Crippen LogP contribution >= 0.6 is 11.6 Å². The van der Waals surface area contributed by atoms with Gasteiger partial charge in [-0.3, -0.25) is 4.79 Å². The highest BCUT2D eigenvalue weighted by atomic mass is 35.5. The number of alkyl halides is 3. The summed E-state index contributed by atoms with van der Waals surface area (Å²) < 4.78 is 78.7. The number of rotatable bonds is 9. The number of piperidine rings is 1. The van der Waals surface area contributed by atoms with Gasteiger partial charge < -0.3 is 25.0 Å². The first-order valence-electron chi connectivity index (χ1n) is 13.5. The summed E-state index contributed by atoms with van der Waals surface area (Å²) in [6.45, 7) is 1.72.